The number of carbonyl (C=O) groups excluding carboxylic acids is 1. The van der Waals surface area contributed by atoms with E-state index in [1.165, 1.54) is 6.26 Å². The van der Waals surface area contributed by atoms with Crippen molar-refractivity contribution in [3.05, 3.63) is 47.7 Å². The fourth-order valence-corrected chi connectivity index (χ4v) is 1.71. The summed E-state index contributed by atoms with van der Waals surface area (Å²) in [5.41, 5.74) is 6.66. The van der Waals surface area contributed by atoms with Crippen molar-refractivity contribution in [2.24, 2.45) is 5.73 Å². The SMILES string of the molecule is NC(CO)c1nc(C(=O)NCCc2ccc(O)cc2)co1. The Morgan fingerprint density at radius 2 is 2.10 bits per heavy atom. The lowest BCUT2D eigenvalue weighted by Crippen LogP contribution is -2.26. The summed E-state index contributed by atoms with van der Waals surface area (Å²) in [4.78, 5) is 15.8. The Labute approximate surface area is 121 Å². The van der Waals surface area contributed by atoms with Crippen molar-refractivity contribution in [2.45, 2.75) is 12.5 Å². The van der Waals surface area contributed by atoms with Crippen LogP contribution in [0.1, 0.15) is 28.0 Å². The van der Waals surface area contributed by atoms with Gasteiger partial charge in [-0.2, -0.15) is 0 Å². The highest BCUT2D eigenvalue weighted by molar-refractivity contribution is 5.91. The van der Waals surface area contributed by atoms with Crippen LogP contribution in [0.15, 0.2) is 34.9 Å². The van der Waals surface area contributed by atoms with Gasteiger partial charge in [0.25, 0.3) is 5.91 Å². The molecule has 112 valence electrons. The van der Waals surface area contributed by atoms with Crippen LogP contribution in [0.25, 0.3) is 0 Å². The monoisotopic (exact) mass is 291 g/mol. The minimum absolute atomic E-state index is 0.125. The average Bonchev–Trinajstić information content (AvgIpc) is 2.98. The molecule has 0 aliphatic rings. The lowest BCUT2D eigenvalue weighted by atomic mass is 10.1. The molecule has 0 aliphatic heterocycles. The molecule has 1 atom stereocenters. The van der Waals surface area contributed by atoms with Crippen molar-refractivity contribution >= 4 is 5.91 Å². The van der Waals surface area contributed by atoms with Gasteiger partial charge >= 0.3 is 0 Å². The normalized spacial score (nSPS) is 12.1. The zero-order valence-corrected chi connectivity index (χ0v) is 11.3. The summed E-state index contributed by atoms with van der Waals surface area (Å²) in [6, 6.07) is 6.03. The van der Waals surface area contributed by atoms with E-state index in [1.807, 2.05) is 0 Å². The number of carbonyl (C=O) groups is 1. The Morgan fingerprint density at radius 1 is 1.38 bits per heavy atom. The molecule has 0 saturated carbocycles. The minimum atomic E-state index is -0.733. The number of amides is 1. The van der Waals surface area contributed by atoms with Crippen molar-refractivity contribution < 1.29 is 19.4 Å². The standard InChI is InChI=1S/C14H17N3O4/c15-11(7-18)14-17-12(8-21-14)13(20)16-6-5-9-1-3-10(19)4-2-9/h1-4,8,11,18-19H,5-7,15H2,(H,16,20). The molecule has 1 heterocycles. The van der Waals surface area contributed by atoms with Gasteiger partial charge in [0.1, 0.15) is 18.1 Å². The predicted octanol–water partition coefficient (Wildman–Crippen LogP) is 0.345. The highest BCUT2D eigenvalue weighted by Crippen LogP contribution is 2.10. The molecule has 0 radical (unpaired) electrons. The van der Waals surface area contributed by atoms with Gasteiger partial charge < -0.3 is 25.7 Å². The largest absolute Gasteiger partial charge is 0.508 e. The molecule has 0 fully saturated rings. The van der Waals surface area contributed by atoms with Gasteiger partial charge in [0.2, 0.25) is 5.89 Å². The molecule has 0 aliphatic carbocycles. The number of rotatable bonds is 6. The maximum Gasteiger partial charge on any atom is 0.273 e. The van der Waals surface area contributed by atoms with Crippen LogP contribution in [0.2, 0.25) is 0 Å². The Kier molecular flexibility index (Phi) is 4.91. The van der Waals surface area contributed by atoms with Gasteiger partial charge in [-0.1, -0.05) is 12.1 Å². The van der Waals surface area contributed by atoms with Crippen molar-refractivity contribution in [2.75, 3.05) is 13.2 Å². The van der Waals surface area contributed by atoms with Crippen molar-refractivity contribution in [1.82, 2.24) is 10.3 Å². The van der Waals surface area contributed by atoms with Crippen molar-refractivity contribution in [3.63, 3.8) is 0 Å². The first kappa shape index (κ1) is 15.0. The summed E-state index contributed by atoms with van der Waals surface area (Å²) in [6.07, 6.45) is 1.84. The van der Waals surface area contributed by atoms with Crippen molar-refractivity contribution in [1.29, 1.82) is 0 Å². The second kappa shape index (κ2) is 6.87. The predicted molar refractivity (Wildman–Crippen MR) is 74.7 cm³/mol. The fraction of sp³-hybridized carbons (Fsp3) is 0.286. The smallest absolute Gasteiger partial charge is 0.273 e. The van der Waals surface area contributed by atoms with E-state index in [0.29, 0.717) is 13.0 Å². The number of aliphatic hydroxyl groups excluding tert-OH is 1. The summed E-state index contributed by atoms with van der Waals surface area (Å²) in [5, 5.41) is 20.8. The topological polar surface area (TPSA) is 122 Å². The first-order chi connectivity index (χ1) is 10.1. The molecule has 7 nitrogen and oxygen atoms in total. The van der Waals surface area contributed by atoms with E-state index in [2.05, 4.69) is 10.3 Å². The van der Waals surface area contributed by atoms with Crippen LogP contribution in [0, 0.1) is 0 Å². The Hall–Kier alpha value is -2.38. The molecule has 0 bridgehead atoms. The lowest BCUT2D eigenvalue weighted by Gasteiger charge is -2.03. The third kappa shape index (κ3) is 4.04. The van der Waals surface area contributed by atoms with E-state index in [-0.39, 0.29) is 29.8 Å². The van der Waals surface area contributed by atoms with E-state index >= 15 is 0 Å². The zero-order valence-electron chi connectivity index (χ0n) is 11.3. The number of oxazole rings is 1. The van der Waals surface area contributed by atoms with Gasteiger partial charge in [0.15, 0.2) is 5.69 Å². The molecular formula is C14H17N3O4. The van der Waals surface area contributed by atoms with Gasteiger partial charge in [-0.05, 0) is 24.1 Å². The number of nitrogens with two attached hydrogens (primary N) is 1. The number of hydrogen-bond donors (Lipinski definition) is 4. The van der Waals surface area contributed by atoms with Crippen LogP contribution in [0.4, 0.5) is 0 Å². The minimum Gasteiger partial charge on any atom is -0.508 e. The number of aliphatic hydroxyl groups is 1. The molecule has 1 aromatic carbocycles. The number of phenolic OH excluding ortho intramolecular Hbond substituents is 1. The van der Waals surface area contributed by atoms with Crippen molar-refractivity contribution in [3.8, 4) is 5.75 Å². The molecule has 1 unspecified atom stereocenters. The van der Waals surface area contributed by atoms with Crippen LogP contribution < -0.4 is 11.1 Å². The molecular weight excluding hydrogens is 274 g/mol. The molecule has 1 aromatic heterocycles. The average molecular weight is 291 g/mol. The number of phenols is 1. The molecule has 1 amide bonds. The quantitative estimate of drug-likeness (QED) is 0.609. The van der Waals surface area contributed by atoms with Crippen LogP contribution >= 0.6 is 0 Å². The second-order valence-electron chi connectivity index (χ2n) is 4.53. The number of aromatic hydroxyl groups is 1. The van der Waals surface area contributed by atoms with E-state index in [1.54, 1.807) is 24.3 Å². The van der Waals surface area contributed by atoms with Gasteiger partial charge in [-0.3, -0.25) is 4.79 Å². The molecule has 5 N–H and O–H groups in total. The van der Waals surface area contributed by atoms with E-state index in [0.717, 1.165) is 5.56 Å². The summed E-state index contributed by atoms with van der Waals surface area (Å²) in [6.45, 7) is 0.125. The van der Waals surface area contributed by atoms with E-state index < -0.39 is 6.04 Å². The number of hydrogen-bond acceptors (Lipinski definition) is 6. The first-order valence-corrected chi connectivity index (χ1v) is 6.48. The number of nitrogens with zero attached hydrogens (tertiary/aromatic N) is 1. The van der Waals surface area contributed by atoms with Crippen LogP contribution in [0.3, 0.4) is 0 Å². The zero-order chi connectivity index (χ0) is 15.2. The molecule has 21 heavy (non-hydrogen) atoms. The molecule has 0 saturated heterocycles. The van der Waals surface area contributed by atoms with E-state index in [9.17, 15) is 4.79 Å². The number of nitrogens with one attached hydrogen (secondary N) is 1. The molecule has 2 aromatic rings. The first-order valence-electron chi connectivity index (χ1n) is 6.48. The molecule has 0 spiro atoms. The summed E-state index contributed by atoms with van der Waals surface area (Å²) in [5.74, 6) is -0.0340. The number of aromatic nitrogens is 1. The fourth-order valence-electron chi connectivity index (χ4n) is 1.71. The lowest BCUT2D eigenvalue weighted by molar-refractivity contribution is 0.0949. The maximum absolute atomic E-state index is 11.8. The highest BCUT2D eigenvalue weighted by atomic mass is 16.3. The molecule has 7 heteroatoms. The van der Waals surface area contributed by atoms with Gasteiger partial charge in [0.05, 0.1) is 6.61 Å². The summed E-state index contributed by atoms with van der Waals surface area (Å²) >= 11 is 0. The Bertz CT molecular complexity index is 595. The number of benzene rings is 1. The van der Waals surface area contributed by atoms with E-state index in [4.69, 9.17) is 20.4 Å². The highest BCUT2D eigenvalue weighted by Gasteiger charge is 2.15. The third-order valence-electron chi connectivity index (χ3n) is 2.90. The third-order valence-corrected chi connectivity index (χ3v) is 2.90. The van der Waals surface area contributed by atoms with Gasteiger partial charge in [-0.15, -0.1) is 0 Å². The van der Waals surface area contributed by atoms with Gasteiger partial charge in [0, 0.05) is 6.54 Å². The van der Waals surface area contributed by atoms with Crippen LogP contribution in [0.5, 0.6) is 5.75 Å². The Morgan fingerprint density at radius 3 is 2.76 bits per heavy atom. The molecule has 2 rings (SSSR count). The van der Waals surface area contributed by atoms with Gasteiger partial charge in [-0.25, -0.2) is 4.98 Å². The summed E-state index contributed by atoms with van der Waals surface area (Å²) in [7, 11) is 0. The van der Waals surface area contributed by atoms with Crippen LogP contribution in [-0.4, -0.2) is 34.3 Å². The second-order valence-corrected chi connectivity index (χ2v) is 4.53. The van der Waals surface area contributed by atoms with Crippen LogP contribution in [-0.2, 0) is 6.42 Å². The summed E-state index contributed by atoms with van der Waals surface area (Å²) < 4.78 is 5.03. The maximum atomic E-state index is 11.8. The Balaban J connectivity index is 1.84.